The number of alkyl halides is 3. The van der Waals surface area contributed by atoms with Gasteiger partial charge in [-0.3, -0.25) is 4.79 Å². The maximum Gasteiger partial charge on any atom is 0.573 e. The van der Waals surface area contributed by atoms with Crippen molar-refractivity contribution in [3.63, 3.8) is 0 Å². The van der Waals surface area contributed by atoms with Crippen molar-refractivity contribution in [1.29, 1.82) is 0 Å². The highest BCUT2D eigenvalue weighted by molar-refractivity contribution is 5.95. The minimum atomic E-state index is -4.74. The van der Waals surface area contributed by atoms with Crippen LogP contribution in [0.15, 0.2) is 36.4 Å². The maximum absolute atomic E-state index is 12.6. The molecule has 0 radical (unpaired) electrons. The van der Waals surface area contributed by atoms with Crippen LogP contribution >= 0.6 is 0 Å². The van der Waals surface area contributed by atoms with E-state index < -0.39 is 6.36 Å². The van der Waals surface area contributed by atoms with Crippen LogP contribution in [0.25, 0.3) is 0 Å². The van der Waals surface area contributed by atoms with Crippen LogP contribution in [0.3, 0.4) is 0 Å². The Bertz CT molecular complexity index is 887. The van der Waals surface area contributed by atoms with Crippen LogP contribution in [0.5, 0.6) is 17.2 Å². The number of amides is 1. The molecular formula is C20H21F3N2O4. The van der Waals surface area contributed by atoms with Gasteiger partial charge in [0.05, 0.1) is 26.5 Å². The van der Waals surface area contributed by atoms with Crippen LogP contribution in [-0.4, -0.2) is 39.6 Å². The highest BCUT2D eigenvalue weighted by Crippen LogP contribution is 2.33. The normalized spacial score (nSPS) is 13.5. The molecule has 0 saturated heterocycles. The summed E-state index contributed by atoms with van der Waals surface area (Å²) in [4.78, 5) is 14.4. The Morgan fingerprint density at radius 3 is 2.55 bits per heavy atom. The first kappa shape index (κ1) is 20.6. The Kier molecular flexibility index (Phi) is 6.05. The Morgan fingerprint density at radius 2 is 1.86 bits per heavy atom. The third-order valence-electron chi connectivity index (χ3n) is 4.52. The highest BCUT2D eigenvalue weighted by Gasteiger charge is 2.31. The molecule has 6 nitrogen and oxygen atoms in total. The predicted molar refractivity (Wildman–Crippen MR) is 102 cm³/mol. The van der Waals surface area contributed by atoms with Gasteiger partial charge in [0.15, 0.2) is 0 Å². The van der Waals surface area contributed by atoms with Gasteiger partial charge >= 0.3 is 6.36 Å². The van der Waals surface area contributed by atoms with E-state index >= 15 is 0 Å². The molecule has 0 spiro atoms. The fourth-order valence-electron chi connectivity index (χ4n) is 3.28. The van der Waals surface area contributed by atoms with Crippen molar-refractivity contribution in [2.24, 2.45) is 0 Å². The summed E-state index contributed by atoms with van der Waals surface area (Å²) in [5.74, 6) is 0.537. The number of methoxy groups -OCH3 is 2. The second-order valence-corrected chi connectivity index (χ2v) is 6.48. The van der Waals surface area contributed by atoms with Gasteiger partial charge in [-0.2, -0.15) is 0 Å². The molecule has 1 aliphatic rings. The van der Waals surface area contributed by atoms with E-state index in [9.17, 15) is 18.0 Å². The molecule has 9 heteroatoms. The van der Waals surface area contributed by atoms with E-state index in [-0.39, 0.29) is 18.2 Å². The first-order valence-corrected chi connectivity index (χ1v) is 8.94. The number of hydrogen-bond acceptors (Lipinski definition) is 5. The molecule has 2 aromatic rings. The third-order valence-corrected chi connectivity index (χ3v) is 4.52. The Balaban J connectivity index is 1.71. The van der Waals surface area contributed by atoms with Crippen molar-refractivity contribution in [3.05, 3.63) is 42.0 Å². The van der Waals surface area contributed by atoms with Gasteiger partial charge in [-0.1, -0.05) is 0 Å². The van der Waals surface area contributed by atoms with E-state index in [0.29, 0.717) is 35.7 Å². The zero-order valence-electron chi connectivity index (χ0n) is 16.0. The van der Waals surface area contributed by atoms with Crippen LogP contribution in [0.2, 0.25) is 0 Å². The number of hydrogen-bond donors (Lipinski definition) is 1. The quantitative estimate of drug-likeness (QED) is 0.780. The molecule has 1 amide bonds. The monoisotopic (exact) mass is 410 g/mol. The van der Waals surface area contributed by atoms with Crippen molar-refractivity contribution in [1.82, 2.24) is 0 Å². The van der Waals surface area contributed by atoms with Crippen molar-refractivity contribution >= 4 is 17.3 Å². The standard InChI is InChI=1S/C20H21F3N2O4/c1-27-14-5-7-16(18(11-14)28-2)24-19(26)12-25-9-3-4-13-10-15(6-8-17(13)25)29-20(21,22)23/h5-8,10-11H,3-4,9,12H2,1-2H3,(H,24,26). The summed E-state index contributed by atoms with van der Waals surface area (Å²) >= 11 is 0. The van der Waals surface area contributed by atoms with Crippen LogP contribution in [0, 0.1) is 0 Å². The average molecular weight is 410 g/mol. The number of carbonyl (C=O) groups is 1. The van der Waals surface area contributed by atoms with Gasteiger partial charge < -0.3 is 24.4 Å². The molecule has 1 N–H and O–H groups in total. The minimum absolute atomic E-state index is 0.0572. The Morgan fingerprint density at radius 1 is 1.10 bits per heavy atom. The number of halogens is 3. The van der Waals surface area contributed by atoms with E-state index in [1.54, 1.807) is 24.3 Å². The molecule has 0 atom stereocenters. The zero-order chi connectivity index (χ0) is 21.0. The van der Waals surface area contributed by atoms with Gasteiger partial charge in [0.1, 0.15) is 17.2 Å². The van der Waals surface area contributed by atoms with E-state index in [1.807, 2.05) is 4.90 Å². The topological polar surface area (TPSA) is 60.0 Å². The summed E-state index contributed by atoms with van der Waals surface area (Å²) in [7, 11) is 3.03. The molecule has 156 valence electrons. The van der Waals surface area contributed by atoms with Gasteiger partial charge in [0, 0.05) is 18.3 Å². The summed E-state index contributed by atoms with van der Waals surface area (Å²) in [5, 5.41) is 2.80. The van der Waals surface area contributed by atoms with Gasteiger partial charge in [-0.15, -0.1) is 13.2 Å². The molecule has 3 rings (SSSR count). The van der Waals surface area contributed by atoms with Crippen LogP contribution in [0.4, 0.5) is 24.5 Å². The predicted octanol–water partition coefficient (Wildman–Crippen LogP) is 3.99. The number of carbonyl (C=O) groups excluding carboxylic acids is 1. The summed E-state index contributed by atoms with van der Waals surface area (Å²) in [6, 6.07) is 9.23. The molecule has 0 fully saturated rings. The Hall–Kier alpha value is -3.10. The second kappa shape index (κ2) is 8.50. The number of benzene rings is 2. The van der Waals surface area contributed by atoms with Crippen molar-refractivity contribution in [2.45, 2.75) is 19.2 Å². The molecule has 1 heterocycles. The largest absolute Gasteiger partial charge is 0.573 e. The smallest absolute Gasteiger partial charge is 0.497 e. The van der Waals surface area contributed by atoms with Gasteiger partial charge in [-0.05, 0) is 48.7 Å². The van der Waals surface area contributed by atoms with Crippen LogP contribution < -0.4 is 24.4 Å². The average Bonchev–Trinajstić information content (AvgIpc) is 2.67. The molecule has 1 aliphatic heterocycles. The summed E-state index contributed by atoms with van der Waals surface area (Å²) in [5.41, 5.74) is 1.94. The molecule has 0 aromatic heterocycles. The van der Waals surface area contributed by atoms with Crippen molar-refractivity contribution < 1.29 is 32.2 Å². The SMILES string of the molecule is COc1ccc(NC(=O)CN2CCCc3cc(OC(F)(F)F)ccc32)c(OC)c1. The van der Waals surface area contributed by atoms with E-state index in [1.165, 1.54) is 26.4 Å². The lowest BCUT2D eigenvalue weighted by molar-refractivity contribution is -0.274. The number of aryl methyl sites for hydroxylation is 1. The van der Waals surface area contributed by atoms with E-state index in [0.717, 1.165) is 12.1 Å². The van der Waals surface area contributed by atoms with E-state index in [2.05, 4.69) is 10.1 Å². The van der Waals surface area contributed by atoms with Gasteiger partial charge in [0.25, 0.3) is 0 Å². The molecular weight excluding hydrogens is 389 g/mol. The van der Waals surface area contributed by atoms with Crippen molar-refractivity contribution in [3.8, 4) is 17.2 Å². The van der Waals surface area contributed by atoms with E-state index in [4.69, 9.17) is 9.47 Å². The number of rotatable bonds is 6. The van der Waals surface area contributed by atoms with Crippen molar-refractivity contribution in [2.75, 3.05) is 37.5 Å². The van der Waals surface area contributed by atoms with Crippen LogP contribution in [-0.2, 0) is 11.2 Å². The molecule has 29 heavy (non-hydrogen) atoms. The summed E-state index contributed by atoms with van der Waals surface area (Å²) < 4.78 is 51.7. The first-order valence-electron chi connectivity index (χ1n) is 8.94. The third kappa shape index (κ3) is 5.24. The number of fused-ring (bicyclic) bond motifs is 1. The lowest BCUT2D eigenvalue weighted by Gasteiger charge is -2.31. The highest BCUT2D eigenvalue weighted by atomic mass is 19.4. The number of ether oxygens (including phenoxy) is 3. The summed E-state index contributed by atoms with van der Waals surface area (Å²) in [6.07, 6.45) is -3.39. The first-order chi connectivity index (χ1) is 13.8. The number of anilines is 2. The fourth-order valence-corrected chi connectivity index (χ4v) is 3.28. The second-order valence-electron chi connectivity index (χ2n) is 6.48. The van der Waals surface area contributed by atoms with Crippen LogP contribution in [0.1, 0.15) is 12.0 Å². The number of nitrogens with zero attached hydrogens (tertiary/aromatic N) is 1. The molecule has 0 unspecified atom stereocenters. The molecule has 2 aromatic carbocycles. The van der Waals surface area contributed by atoms with Gasteiger partial charge in [-0.25, -0.2) is 0 Å². The lowest BCUT2D eigenvalue weighted by atomic mass is 10.0. The molecule has 0 aliphatic carbocycles. The fraction of sp³-hybridized carbons (Fsp3) is 0.350. The summed E-state index contributed by atoms with van der Waals surface area (Å²) in [6.45, 7) is 0.682. The molecule has 0 bridgehead atoms. The Labute approximate surface area is 166 Å². The lowest BCUT2D eigenvalue weighted by Crippen LogP contribution is -2.36. The van der Waals surface area contributed by atoms with Gasteiger partial charge in [0.2, 0.25) is 5.91 Å². The maximum atomic E-state index is 12.6. The molecule has 0 saturated carbocycles. The number of nitrogens with one attached hydrogen (secondary N) is 1. The zero-order valence-corrected chi connectivity index (χ0v) is 16.0. The minimum Gasteiger partial charge on any atom is -0.497 e.